The topological polar surface area (TPSA) is 84.0 Å². The molecule has 8 heteroatoms. The van der Waals surface area contributed by atoms with Crippen molar-refractivity contribution in [2.24, 2.45) is 7.05 Å². The number of pyridine rings is 1. The van der Waals surface area contributed by atoms with Crippen molar-refractivity contribution in [2.75, 3.05) is 7.05 Å². The molecule has 2 heterocycles. The first-order valence-electron chi connectivity index (χ1n) is 4.68. The summed E-state index contributed by atoms with van der Waals surface area (Å²) < 4.78 is 27.3. The van der Waals surface area contributed by atoms with E-state index in [0.717, 1.165) is 0 Å². The molecule has 2 aromatic rings. The maximum absolute atomic E-state index is 11.8. The number of nitrogens with zero attached hydrogens (tertiary/aromatic N) is 1. The monoisotopic (exact) mass is 275 g/mol. The number of hydrogen-bond donors (Lipinski definition) is 2. The highest BCUT2D eigenvalue weighted by atomic mass is 35.5. The molecule has 0 saturated heterocycles. The third kappa shape index (κ3) is 1.86. The Morgan fingerprint density at radius 2 is 2.12 bits per heavy atom. The fraction of sp³-hybridized carbons (Fsp3) is 0.222. The Balaban J connectivity index is 3.03. The molecule has 0 aliphatic carbocycles. The highest BCUT2D eigenvalue weighted by Gasteiger charge is 2.20. The van der Waals surface area contributed by atoms with E-state index in [9.17, 15) is 13.2 Å². The smallest absolute Gasteiger partial charge is 0.258 e. The molecular weight excluding hydrogens is 266 g/mol. The van der Waals surface area contributed by atoms with Crippen molar-refractivity contribution >= 4 is 32.5 Å². The molecule has 0 aliphatic heterocycles. The van der Waals surface area contributed by atoms with Gasteiger partial charge >= 0.3 is 0 Å². The van der Waals surface area contributed by atoms with E-state index in [1.807, 2.05) is 0 Å². The van der Waals surface area contributed by atoms with E-state index in [2.05, 4.69) is 9.71 Å². The minimum Gasteiger partial charge on any atom is -0.347 e. The van der Waals surface area contributed by atoms with Gasteiger partial charge in [0.15, 0.2) is 5.03 Å². The van der Waals surface area contributed by atoms with Crippen molar-refractivity contribution in [3.8, 4) is 0 Å². The van der Waals surface area contributed by atoms with Crippen LogP contribution in [0.5, 0.6) is 0 Å². The van der Waals surface area contributed by atoms with Crippen LogP contribution >= 0.6 is 11.6 Å². The van der Waals surface area contributed by atoms with Gasteiger partial charge in [0.2, 0.25) is 5.56 Å². The Morgan fingerprint density at radius 1 is 1.47 bits per heavy atom. The maximum atomic E-state index is 11.8. The number of hydrogen-bond acceptors (Lipinski definition) is 3. The number of halogens is 1. The first-order valence-corrected chi connectivity index (χ1v) is 6.54. The molecule has 2 rings (SSSR count). The van der Waals surface area contributed by atoms with Gasteiger partial charge in [0.25, 0.3) is 10.0 Å². The minimum absolute atomic E-state index is 0.183. The van der Waals surface area contributed by atoms with E-state index in [0.29, 0.717) is 15.9 Å². The minimum atomic E-state index is -3.74. The second kappa shape index (κ2) is 3.86. The Morgan fingerprint density at radius 3 is 2.71 bits per heavy atom. The molecule has 92 valence electrons. The zero-order valence-electron chi connectivity index (χ0n) is 9.11. The van der Waals surface area contributed by atoms with Gasteiger partial charge in [0, 0.05) is 24.7 Å². The van der Waals surface area contributed by atoms with E-state index >= 15 is 0 Å². The van der Waals surface area contributed by atoms with Crippen molar-refractivity contribution in [3.63, 3.8) is 0 Å². The third-order valence-electron chi connectivity index (χ3n) is 2.44. The lowest BCUT2D eigenvalue weighted by molar-refractivity contribution is 0.584. The van der Waals surface area contributed by atoms with Crippen LogP contribution in [0.1, 0.15) is 0 Å². The van der Waals surface area contributed by atoms with Crippen LogP contribution in [-0.2, 0) is 17.1 Å². The predicted molar refractivity (Wildman–Crippen MR) is 64.8 cm³/mol. The molecular formula is C9H10ClN3O3S. The molecule has 2 N–H and O–H groups in total. The molecule has 0 fully saturated rings. The quantitative estimate of drug-likeness (QED) is 0.833. The Kier molecular flexibility index (Phi) is 2.76. The SMILES string of the molecule is CNS(=O)(=O)c1[nH]c(=O)cc2c(Cl)cn(C)c12. The van der Waals surface area contributed by atoms with E-state index in [-0.39, 0.29) is 5.03 Å². The lowest BCUT2D eigenvalue weighted by atomic mass is 10.3. The van der Waals surface area contributed by atoms with Crippen LogP contribution < -0.4 is 10.3 Å². The molecule has 2 aromatic heterocycles. The summed E-state index contributed by atoms with van der Waals surface area (Å²) in [4.78, 5) is 13.7. The molecule has 0 radical (unpaired) electrons. The lowest BCUT2D eigenvalue weighted by Gasteiger charge is -2.05. The number of sulfonamides is 1. The largest absolute Gasteiger partial charge is 0.347 e. The van der Waals surface area contributed by atoms with Crippen LogP contribution in [0.3, 0.4) is 0 Å². The van der Waals surface area contributed by atoms with Crippen LogP contribution in [0, 0.1) is 0 Å². The first kappa shape index (κ1) is 12.2. The van der Waals surface area contributed by atoms with Crippen molar-refractivity contribution in [1.29, 1.82) is 0 Å². The van der Waals surface area contributed by atoms with Gasteiger partial charge in [0.1, 0.15) is 0 Å². The van der Waals surface area contributed by atoms with Gasteiger partial charge in [-0.1, -0.05) is 11.6 Å². The zero-order valence-corrected chi connectivity index (χ0v) is 10.7. The van der Waals surface area contributed by atoms with Gasteiger partial charge in [-0.15, -0.1) is 0 Å². The summed E-state index contributed by atoms with van der Waals surface area (Å²) in [5.41, 5.74) is -0.150. The number of aryl methyl sites for hydroxylation is 1. The number of rotatable bonds is 2. The van der Waals surface area contributed by atoms with Gasteiger partial charge in [-0.2, -0.15) is 0 Å². The van der Waals surface area contributed by atoms with Gasteiger partial charge in [0.05, 0.1) is 10.5 Å². The summed E-state index contributed by atoms with van der Waals surface area (Å²) in [6.45, 7) is 0. The van der Waals surface area contributed by atoms with Gasteiger partial charge < -0.3 is 9.55 Å². The summed E-state index contributed by atoms with van der Waals surface area (Å²) in [5, 5.41) is 0.560. The molecule has 0 aromatic carbocycles. The molecule has 0 saturated carbocycles. The van der Waals surface area contributed by atoms with Crippen molar-refractivity contribution < 1.29 is 8.42 Å². The van der Waals surface area contributed by atoms with Gasteiger partial charge in [-0.05, 0) is 7.05 Å². The highest BCUT2D eigenvalue weighted by Crippen LogP contribution is 2.27. The average molecular weight is 276 g/mol. The van der Waals surface area contributed by atoms with Crippen LogP contribution in [0.25, 0.3) is 10.9 Å². The summed E-state index contributed by atoms with van der Waals surface area (Å²) >= 11 is 5.93. The van der Waals surface area contributed by atoms with Crippen molar-refractivity contribution in [2.45, 2.75) is 5.03 Å². The third-order valence-corrected chi connectivity index (χ3v) is 4.11. The molecule has 0 atom stereocenters. The summed E-state index contributed by atoms with van der Waals surface area (Å²) in [7, 11) is -0.813. The fourth-order valence-electron chi connectivity index (χ4n) is 1.66. The number of fused-ring (bicyclic) bond motifs is 1. The normalized spacial score (nSPS) is 12.2. The lowest BCUT2D eigenvalue weighted by Crippen LogP contribution is -2.23. The van der Waals surface area contributed by atoms with E-state index in [4.69, 9.17) is 11.6 Å². The Bertz CT molecular complexity index is 745. The highest BCUT2D eigenvalue weighted by molar-refractivity contribution is 7.89. The number of nitrogens with one attached hydrogen (secondary N) is 2. The summed E-state index contributed by atoms with van der Waals surface area (Å²) in [6, 6.07) is 1.27. The number of H-pyrrole nitrogens is 1. The van der Waals surface area contributed by atoms with Gasteiger partial charge in [-0.3, -0.25) is 4.79 Å². The molecule has 0 aliphatic rings. The van der Waals surface area contributed by atoms with Crippen LogP contribution in [0.2, 0.25) is 5.02 Å². The zero-order chi connectivity index (χ0) is 12.8. The number of aromatic amines is 1. The standard InChI is InChI=1S/C9H10ClN3O3S/c1-11-17(15,16)9-8-5(3-7(14)12-9)6(10)4-13(8)2/h3-4,11H,1-2H3,(H,12,14). The molecule has 0 amide bonds. The summed E-state index contributed by atoms with van der Waals surface area (Å²) in [5.74, 6) is 0. The first-order chi connectivity index (χ1) is 7.86. The molecule has 6 nitrogen and oxygen atoms in total. The molecule has 0 spiro atoms. The maximum Gasteiger partial charge on any atom is 0.258 e. The molecule has 0 bridgehead atoms. The van der Waals surface area contributed by atoms with Crippen LogP contribution in [0.4, 0.5) is 0 Å². The van der Waals surface area contributed by atoms with Crippen molar-refractivity contribution in [3.05, 3.63) is 27.6 Å². The molecule has 0 unspecified atom stereocenters. The molecule has 17 heavy (non-hydrogen) atoms. The fourth-order valence-corrected chi connectivity index (χ4v) is 2.90. The Labute approximate surface area is 102 Å². The average Bonchev–Trinajstić information content (AvgIpc) is 2.53. The van der Waals surface area contributed by atoms with E-state index in [1.165, 1.54) is 13.1 Å². The van der Waals surface area contributed by atoms with Crippen LogP contribution in [0.15, 0.2) is 22.1 Å². The van der Waals surface area contributed by atoms with Crippen LogP contribution in [-0.4, -0.2) is 25.0 Å². The summed E-state index contributed by atoms with van der Waals surface area (Å²) in [6.07, 6.45) is 1.55. The second-order valence-corrected chi connectivity index (χ2v) is 5.75. The van der Waals surface area contributed by atoms with Gasteiger partial charge in [-0.25, -0.2) is 13.1 Å². The van der Waals surface area contributed by atoms with E-state index < -0.39 is 15.6 Å². The van der Waals surface area contributed by atoms with Crippen molar-refractivity contribution in [1.82, 2.24) is 14.3 Å². The second-order valence-electron chi connectivity index (χ2n) is 3.52. The van der Waals surface area contributed by atoms with E-state index in [1.54, 1.807) is 17.8 Å². The number of aromatic nitrogens is 2. The Hall–Kier alpha value is -1.31. The predicted octanol–water partition coefficient (Wildman–Crippen LogP) is 0.428.